The second-order valence-electron chi connectivity index (χ2n) is 4.92. The molecular weight excluding hydrogens is 200 g/mol. The van der Waals surface area contributed by atoms with E-state index in [0.29, 0.717) is 5.25 Å². The first-order valence-electron chi connectivity index (χ1n) is 6.19. The molecule has 1 aliphatic carbocycles. The van der Waals surface area contributed by atoms with Gasteiger partial charge in [-0.05, 0) is 37.4 Å². The van der Waals surface area contributed by atoms with Crippen LogP contribution in [0.5, 0.6) is 0 Å². The molecule has 0 spiro atoms. The van der Waals surface area contributed by atoms with Gasteiger partial charge in [-0.15, -0.1) is 17.7 Å². The Bertz CT molecular complexity index is 225. The number of hydrogen-bond acceptors (Lipinski definition) is 1. The van der Waals surface area contributed by atoms with E-state index in [-0.39, 0.29) is 0 Å². The highest BCUT2D eigenvalue weighted by atomic mass is 32.2. The molecule has 0 aromatic rings. The smallest absolute Gasteiger partial charge is 0.0628 e. The van der Waals surface area contributed by atoms with E-state index >= 15 is 0 Å². The van der Waals surface area contributed by atoms with Gasteiger partial charge in [0.2, 0.25) is 0 Å². The molecule has 1 saturated carbocycles. The minimum absolute atomic E-state index is 0.510. The van der Waals surface area contributed by atoms with Crippen LogP contribution < -0.4 is 0 Å². The Hall–Kier alpha value is -0.0900. The van der Waals surface area contributed by atoms with Gasteiger partial charge in [0, 0.05) is 0 Å². The third kappa shape index (κ3) is 4.11. The maximum Gasteiger partial charge on any atom is 0.0628 e. The van der Waals surface area contributed by atoms with E-state index in [9.17, 15) is 0 Å². The number of thioether (sulfide) groups is 1. The average molecular weight is 224 g/mol. The van der Waals surface area contributed by atoms with Gasteiger partial charge in [-0.3, -0.25) is 0 Å². The van der Waals surface area contributed by atoms with Crippen molar-refractivity contribution in [3.8, 4) is 11.8 Å². The highest BCUT2D eigenvalue weighted by Crippen LogP contribution is 2.36. The molecule has 0 aromatic heterocycles. The largest absolute Gasteiger partial charge is 0.145 e. The van der Waals surface area contributed by atoms with Crippen molar-refractivity contribution < 1.29 is 0 Å². The summed E-state index contributed by atoms with van der Waals surface area (Å²) in [6, 6.07) is 0. The van der Waals surface area contributed by atoms with Crippen LogP contribution in [0.2, 0.25) is 0 Å². The van der Waals surface area contributed by atoms with Crippen LogP contribution in [0.1, 0.15) is 47.0 Å². The predicted octanol–water partition coefficient (Wildman–Crippen LogP) is 4.20. The van der Waals surface area contributed by atoms with Crippen molar-refractivity contribution >= 4 is 11.8 Å². The van der Waals surface area contributed by atoms with Gasteiger partial charge in [-0.1, -0.05) is 39.0 Å². The topological polar surface area (TPSA) is 0 Å². The molecule has 0 aliphatic heterocycles. The number of rotatable bonds is 3. The lowest BCUT2D eigenvalue weighted by Crippen LogP contribution is -2.27. The van der Waals surface area contributed by atoms with Crippen molar-refractivity contribution in [2.24, 2.45) is 17.8 Å². The Labute approximate surface area is 99.6 Å². The molecule has 1 aliphatic rings. The zero-order valence-corrected chi connectivity index (χ0v) is 11.4. The van der Waals surface area contributed by atoms with Gasteiger partial charge < -0.3 is 0 Å². The fraction of sp³-hybridized carbons (Fsp3) is 0.857. The van der Waals surface area contributed by atoms with Crippen molar-refractivity contribution in [1.82, 2.24) is 0 Å². The maximum atomic E-state index is 3.23. The van der Waals surface area contributed by atoms with Gasteiger partial charge in [0.05, 0.1) is 5.25 Å². The Morgan fingerprint density at radius 2 is 1.87 bits per heavy atom. The van der Waals surface area contributed by atoms with Crippen LogP contribution >= 0.6 is 11.8 Å². The molecule has 0 heterocycles. The molecule has 15 heavy (non-hydrogen) atoms. The lowest BCUT2D eigenvalue weighted by Gasteiger charge is -2.34. The molecule has 1 fully saturated rings. The van der Waals surface area contributed by atoms with Gasteiger partial charge in [-0.2, -0.15) is 0 Å². The number of hydrogen-bond donors (Lipinski definition) is 0. The molecule has 0 N–H and O–H groups in total. The van der Waals surface area contributed by atoms with Gasteiger partial charge in [-0.25, -0.2) is 0 Å². The van der Waals surface area contributed by atoms with Crippen LogP contribution in [0.25, 0.3) is 0 Å². The summed E-state index contributed by atoms with van der Waals surface area (Å²) < 4.78 is 0. The average Bonchev–Trinajstić information content (AvgIpc) is 2.17. The van der Waals surface area contributed by atoms with E-state index in [0.717, 1.165) is 17.8 Å². The molecule has 0 amide bonds. The van der Waals surface area contributed by atoms with Gasteiger partial charge in [0.25, 0.3) is 0 Å². The molecule has 0 bridgehead atoms. The van der Waals surface area contributed by atoms with Gasteiger partial charge in [0.1, 0.15) is 0 Å². The molecule has 0 radical (unpaired) electrons. The highest BCUT2D eigenvalue weighted by Gasteiger charge is 2.27. The third-order valence-corrected chi connectivity index (χ3v) is 4.86. The summed E-state index contributed by atoms with van der Waals surface area (Å²) in [6.07, 6.45) is 4.31. The van der Waals surface area contributed by atoms with Crippen molar-refractivity contribution in [2.45, 2.75) is 52.2 Å². The molecule has 0 saturated heterocycles. The molecule has 3 unspecified atom stereocenters. The van der Waals surface area contributed by atoms with Crippen LogP contribution in [0, 0.1) is 29.6 Å². The van der Waals surface area contributed by atoms with E-state index in [2.05, 4.69) is 32.6 Å². The van der Waals surface area contributed by atoms with Crippen molar-refractivity contribution in [1.29, 1.82) is 0 Å². The lowest BCUT2D eigenvalue weighted by atomic mass is 9.75. The predicted molar refractivity (Wildman–Crippen MR) is 71.0 cm³/mol. The summed E-state index contributed by atoms with van der Waals surface area (Å²) in [7, 11) is 0. The first kappa shape index (κ1) is 13.0. The summed E-state index contributed by atoms with van der Waals surface area (Å²) in [5, 5.41) is 0.510. The normalized spacial score (nSPS) is 32.9. The summed E-state index contributed by atoms with van der Waals surface area (Å²) in [4.78, 5) is 0. The maximum absolute atomic E-state index is 3.23. The van der Waals surface area contributed by atoms with E-state index in [1.807, 2.05) is 18.7 Å². The van der Waals surface area contributed by atoms with Crippen LogP contribution in [0.15, 0.2) is 0 Å². The Morgan fingerprint density at radius 1 is 1.27 bits per heavy atom. The Balaban J connectivity index is 2.37. The summed E-state index contributed by atoms with van der Waals surface area (Å²) in [5.74, 6) is 10.3. The minimum Gasteiger partial charge on any atom is -0.145 e. The van der Waals surface area contributed by atoms with Crippen LogP contribution in [0.4, 0.5) is 0 Å². The fourth-order valence-corrected chi connectivity index (χ4v) is 3.95. The van der Waals surface area contributed by atoms with Crippen LogP contribution in [0.3, 0.4) is 0 Å². The zero-order chi connectivity index (χ0) is 11.3. The van der Waals surface area contributed by atoms with Crippen molar-refractivity contribution in [3.05, 3.63) is 0 Å². The van der Waals surface area contributed by atoms with Gasteiger partial charge >= 0.3 is 0 Å². The molecule has 1 rings (SSSR count). The second kappa shape index (κ2) is 6.48. The second-order valence-corrected chi connectivity index (χ2v) is 6.29. The quantitative estimate of drug-likeness (QED) is 0.647. The van der Waals surface area contributed by atoms with Crippen molar-refractivity contribution in [3.63, 3.8) is 0 Å². The molecule has 1 heteroatoms. The molecule has 3 atom stereocenters. The minimum atomic E-state index is 0.510. The molecule has 0 aromatic carbocycles. The molecule has 0 nitrogen and oxygen atoms in total. The summed E-state index contributed by atoms with van der Waals surface area (Å²) >= 11 is 2.04. The Morgan fingerprint density at radius 3 is 2.40 bits per heavy atom. The van der Waals surface area contributed by atoms with E-state index in [4.69, 9.17) is 0 Å². The monoisotopic (exact) mass is 224 g/mol. The van der Waals surface area contributed by atoms with Crippen LogP contribution in [-0.4, -0.2) is 11.0 Å². The third-order valence-electron chi connectivity index (χ3n) is 3.67. The lowest BCUT2D eigenvalue weighted by molar-refractivity contribution is 0.202. The molecule has 86 valence electrons. The first-order valence-corrected chi connectivity index (χ1v) is 7.24. The Kier molecular flexibility index (Phi) is 5.61. The van der Waals surface area contributed by atoms with E-state index in [1.165, 1.54) is 25.0 Å². The van der Waals surface area contributed by atoms with Crippen molar-refractivity contribution in [2.75, 3.05) is 5.75 Å². The van der Waals surface area contributed by atoms with Gasteiger partial charge in [0.15, 0.2) is 0 Å². The zero-order valence-electron chi connectivity index (χ0n) is 10.5. The highest BCUT2D eigenvalue weighted by molar-refractivity contribution is 8.00. The fourth-order valence-electron chi connectivity index (χ4n) is 2.58. The van der Waals surface area contributed by atoms with E-state index < -0.39 is 0 Å². The standard InChI is InChI=1S/C14H24S/c1-5-7-13(4)15-10-14-11(2)8-6-9-12(14)3/h11-14H,6,8-10H2,1-4H3. The van der Waals surface area contributed by atoms with E-state index in [1.54, 1.807) is 0 Å². The van der Waals surface area contributed by atoms with Crippen LogP contribution in [-0.2, 0) is 0 Å². The molecular formula is C14H24S. The summed E-state index contributed by atoms with van der Waals surface area (Å²) in [5.41, 5.74) is 0. The first-order chi connectivity index (χ1) is 7.15. The summed E-state index contributed by atoms with van der Waals surface area (Å²) in [6.45, 7) is 9.01. The SMILES string of the molecule is CC#CC(C)SCC1C(C)CCCC1C.